The molecule has 1 heterocycles. The molecule has 264 valence electrons. The standard InChI is InChI=1S/C52H34O2P2/c1-3-19-39(20-4-1)55(40-21-5-2-6-22-40)47-33-29-37-17-9-13-25-43(37)51(47)49-41-23-11-7-15-35(41)27-31-45(49)53-56-48-34-30-38-18-10-14-26-44(38)52(48)50-42-24-12-8-16-36(42)28-32-46(50)54-56/h1-34H. The van der Waals surface area contributed by atoms with E-state index < -0.39 is 16.3 Å². The minimum Gasteiger partial charge on any atom is -0.435 e. The molecule has 11 rings (SSSR count). The molecule has 0 N–H and O–H groups in total. The lowest BCUT2D eigenvalue weighted by molar-refractivity contribution is 0.502. The average molecular weight is 753 g/mol. The van der Waals surface area contributed by atoms with Crippen LogP contribution in [0.4, 0.5) is 0 Å². The normalized spacial score (nSPS) is 13.5. The van der Waals surface area contributed by atoms with E-state index in [0.717, 1.165) is 38.7 Å². The highest BCUT2D eigenvalue weighted by Crippen LogP contribution is 2.55. The molecule has 1 atom stereocenters. The summed E-state index contributed by atoms with van der Waals surface area (Å²) in [5.41, 5.74) is 4.61. The van der Waals surface area contributed by atoms with Crippen molar-refractivity contribution < 1.29 is 9.05 Å². The summed E-state index contributed by atoms with van der Waals surface area (Å²) in [5.74, 6) is 1.66. The Balaban J connectivity index is 1.18. The summed E-state index contributed by atoms with van der Waals surface area (Å²) in [6, 6.07) is 74.5. The van der Waals surface area contributed by atoms with Crippen molar-refractivity contribution in [3.8, 4) is 33.8 Å². The minimum absolute atomic E-state index is 0.812. The van der Waals surface area contributed by atoms with Gasteiger partial charge in [-0.2, -0.15) is 0 Å². The lowest BCUT2D eigenvalue weighted by atomic mass is 9.93. The van der Waals surface area contributed by atoms with Gasteiger partial charge in [-0.1, -0.05) is 188 Å². The van der Waals surface area contributed by atoms with Gasteiger partial charge in [-0.15, -0.1) is 0 Å². The van der Waals surface area contributed by atoms with E-state index >= 15 is 0 Å². The summed E-state index contributed by atoms with van der Waals surface area (Å²) < 4.78 is 14.5. The van der Waals surface area contributed by atoms with Gasteiger partial charge >= 0.3 is 8.38 Å². The van der Waals surface area contributed by atoms with Crippen molar-refractivity contribution >= 4 is 80.6 Å². The van der Waals surface area contributed by atoms with Crippen LogP contribution in [0.25, 0.3) is 65.3 Å². The lowest BCUT2D eigenvalue weighted by Crippen LogP contribution is -2.22. The third-order valence-electron chi connectivity index (χ3n) is 10.9. The van der Waals surface area contributed by atoms with Crippen molar-refractivity contribution in [2.45, 2.75) is 0 Å². The zero-order valence-corrected chi connectivity index (χ0v) is 32.1. The molecule has 0 spiro atoms. The molecule has 0 aromatic heterocycles. The van der Waals surface area contributed by atoms with Gasteiger partial charge in [0.05, 0.1) is 5.30 Å². The second-order valence-corrected chi connectivity index (χ2v) is 17.7. The van der Waals surface area contributed by atoms with Crippen LogP contribution in [0.1, 0.15) is 0 Å². The van der Waals surface area contributed by atoms with Crippen molar-refractivity contribution in [3.05, 3.63) is 206 Å². The molecule has 4 heteroatoms. The van der Waals surface area contributed by atoms with Gasteiger partial charge < -0.3 is 9.05 Å². The fraction of sp³-hybridized carbons (Fsp3) is 0. The number of hydrogen-bond donors (Lipinski definition) is 0. The van der Waals surface area contributed by atoms with E-state index in [9.17, 15) is 0 Å². The van der Waals surface area contributed by atoms with Crippen LogP contribution < -0.4 is 30.3 Å². The fourth-order valence-corrected chi connectivity index (χ4v) is 12.4. The molecule has 0 saturated heterocycles. The lowest BCUT2D eigenvalue weighted by Gasteiger charge is -2.30. The first-order chi connectivity index (χ1) is 27.8. The van der Waals surface area contributed by atoms with Crippen LogP contribution in [0, 0.1) is 0 Å². The van der Waals surface area contributed by atoms with Crippen molar-refractivity contribution in [2.24, 2.45) is 0 Å². The number of rotatable bonds is 6. The van der Waals surface area contributed by atoms with Crippen LogP contribution in [0.5, 0.6) is 11.5 Å². The van der Waals surface area contributed by atoms with E-state index in [1.165, 1.54) is 59.4 Å². The third kappa shape index (κ3) is 5.49. The van der Waals surface area contributed by atoms with Gasteiger partial charge in [-0.3, -0.25) is 0 Å². The van der Waals surface area contributed by atoms with Gasteiger partial charge in [0.1, 0.15) is 11.5 Å². The molecule has 0 fully saturated rings. The number of fused-ring (bicyclic) bond motifs is 9. The Kier molecular flexibility index (Phi) is 8.13. The molecular formula is C52H34O2P2. The van der Waals surface area contributed by atoms with Gasteiger partial charge in [0, 0.05) is 22.3 Å². The van der Waals surface area contributed by atoms with Gasteiger partial charge in [0.15, 0.2) is 0 Å². The van der Waals surface area contributed by atoms with Crippen molar-refractivity contribution in [1.29, 1.82) is 0 Å². The highest BCUT2D eigenvalue weighted by atomic mass is 31.2. The first-order valence-electron chi connectivity index (χ1n) is 18.9. The van der Waals surface area contributed by atoms with Crippen molar-refractivity contribution in [3.63, 3.8) is 0 Å². The third-order valence-corrected chi connectivity index (χ3v) is 14.9. The Labute approximate surface area is 328 Å². The highest BCUT2D eigenvalue weighted by molar-refractivity contribution is 7.80. The molecule has 10 aromatic carbocycles. The van der Waals surface area contributed by atoms with E-state index in [4.69, 9.17) is 9.05 Å². The fourth-order valence-electron chi connectivity index (χ4n) is 8.43. The summed E-state index contributed by atoms with van der Waals surface area (Å²) in [7, 11) is -2.54. The highest BCUT2D eigenvalue weighted by Gasteiger charge is 2.34. The summed E-state index contributed by atoms with van der Waals surface area (Å²) in [6.45, 7) is 0. The second-order valence-electron chi connectivity index (χ2n) is 14.1. The zero-order chi connectivity index (χ0) is 37.0. The largest absolute Gasteiger partial charge is 0.435 e. The smallest absolute Gasteiger partial charge is 0.326 e. The molecule has 0 aliphatic carbocycles. The number of hydrogen-bond acceptors (Lipinski definition) is 2. The van der Waals surface area contributed by atoms with Crippen LogP contribution in [0.2, 0.25) is 0 Å². The van der Waals surface area contributed by atoms with Gasteiger partial charge in [-0.25, -0.2) is 0 Å². The Morgan fingerprint density at radius 3 is 1.39 bits per heavy atom. The Hall–Kier alpha value is -6.30. The van der Waals surface area contributed by atoms with Crippen molar-refractivity contribution in [1.82, 2.24) is 0 Å². The van der Waals surface area contributed by atoms with E-state index in [-0.39, 0.29) is 0 Å². The van der Waals surface area contributed by atoms with Crippen molar-refractivity contribution in [2.75, 3.05) is 0 Å². The molecule has 1 aliphatic heterocycles. The molecule has 56 heavy (non-hydrogen) atoms. The molecular weight excluding hydrogens is 719 g/mol. The first kappa shape index (κ1) is 33.1. The Bertz CT molecular complexity index is 3070. The van der Waals surface area contributed by atoms with Gasteiger partial charge in [0.2, 0.25) is 0 Å². The Morgan fingerprint density at radius 1 is 0.357 bits per heavy atom. The van der Waals surface area contributed by atoms with Gasteiger partial charge in [0.25, 0.3) is 0 Å². The quantitative estimate of drug-likeness (QED) is 0.158. The maximum atomic E-state index is 7.44. The van der Waals surface area contributed by atoms with Crippen LogP contribution >= 0.6 is 16.3 Å². The second kappa shape index (κ2) is 13.8. The molecule has 1 aliphatic rings. The van der Waals surface area contributed by atoms with Crippen LogP contribution in [-0.4, -0.2) is 0 Å². The van der Waals surface area contributed by atoms with Crippen LogP contribution in [0.15, 0.2) is 206 Å². The monoisotopic (exact) mass is 752 g/mol. The molecule has 10 aromatic rings. The summed E-state index contributed by atoms with van der Waals surface area (Å²) >= 11 is 0. The molecule has 0 bridgehead atoms. The van der Waals surface area contributed by atoms with E-state index in [1.54, 1.807) is 0 Å². The molecule has 0 saturated carbocycles. The summed E-state index contributed by atoms with van der Waals surface area (Å²) in [4.78, 5) is 0. The molecule has 2 nitrogen and oxygen atoms in total. The Morgan fingerprint density at radius 2 is 0.804 bits per heavy atom. The SMILES string of the molecule is c1ccc(P(c2ccccc2)c2ccc3ccccc3c2-c2c(OP3Oc4ccc5ccccc5c4-c4c3ccc3ccccc43)ccc3ccccc23)cc1. The topological polar surface area (TPSA) is 18.5 Å². The van der Waals surface area contributed by atoms with Crippen LogP contribution in [0.3, 0.4) is 0 Å². The number of benzene rings is 10. The minimum atomic E-state index is -1.59. The zero-order valence-electron chi connectivity index (χ0n) is 30.3. The maximum Gasteiger partial charge on any atom is 0.326 e. The maximum absolute atomic E-state index is 7.44. The van der Waals surface area contributed by atoms with E-state index in [0.29, 0.717) is 0 Å². The predicted molar refractivity (Wildman–Crippen MR) is 240 cm³/mol. The average Bonchev–Trinajstić information content (AvgIpc) is 3.27. The summed E-state index contributed by atoms with van der Waals surface area (Å²) in [5, 5.41) is 14.5. The van der Waals surface area contributed by atoms with Gasteiger partial charge in [-0.05, 0) is 85.1 Å². The molecule has 0 amide bonds. The van der Waals surface area contributed by atoms with E-state index in [1.807, 2.05) is 0 Å². The van der Waals surface area contributed by atoms with Crippen LogP contribution in [-0.2, 0) is 0 Å². The first-order valence-corrected chi connectivity index (χ1v) is 21.5. The van der Waals surface area contributed by atoms with E-state index in [2.05, 4.69) is 206 Å². The predicted octanol–water partition coefficient (Wildman–Crippen LogP) is 12.8. The molecule has 0 radical (unpaired) electrons. The summed E-state index contributed by atoms with van der Waals surface area (Å²) in [6.07, 6.45) is 0. The molecule has 1 unspecified atom stereocenters.